The van der Waals surface area contributed by atoms with E-state index < -0.39 is 0 Å². The first-order valence-corrected chi connectivity index (χ1v) is 9.88. The fourth-order valence-corrected chi connectivity index (χ4v) is 4.29. The molecule has 1 aliphatic carbocycles. The van der Waals surface area contributed by atoms with E-state index in [1.165, 1.54) is 0 Å². The molecule has 2 fully saturated rings. The Morgan fingerprint density at radius 2 is 1.76 bits per heavy atom. The lowest BCUT2D eigenvalue weighted by Gasteiger charge is -2.64. The van der Waals surface area contributed by atoms with E-state index in [9.17, 15) is 0 Å². The van der Waals surface area contributed by atoms with Gasteiger partial charge in [-0.2, -0.15) is 0 Å². The van der Waals surface area contributed by atoms with Crippen LogP contribution in [0.1, 0.15) is 41.0 Å². The van der Waals surface area contributed by atoms with Gasteiger partial charge >= 0.3 is 0 Å². The van der Waals surface area contributed by atoms with Gasteiger partial charge in [-0.3, -0.25) is 0 Å². The minimum atomic E-state index is -0.101. The Balaban J connectivity index is 1.89. The molecule has 0 bridgehead atoms. The van der Waals surface area contributed by atoms with Crippen LogP contribution in [-0.4, -0.2) is 69.9 Å². The van der Waals surface area contributed by atoms with Crippen molar-refractivity contribution in [2.45, 2.75) is 71.6 Å². The third-order valence-corrected chi connectivity index (χ3v) is 6.10. The van der Waals surface area contributed by atoms with E-state index in [4.69, 9.17) is 35.3 Å². The average molecular weight is 379 g/mol. The zero-order valence-corrected chi connectivity index (χ0v) is 17.3. The quantitative estimate of drug-likeness (QED) is 0.385. The highest BCUT2D eigenvalue weighted by Crippen LogP contribution is 2.59. The molecule has 1 saturated heterocycles. The van der Waals surface area contributed by atoms with Gasteiger partial charge in [-0.1, -0.05) is 27.7 Å². The summed E-state index contributed by atoms with van der Waals surface area (Å²) in [5.74, 6) is 0.425. The third kappa shape index (κ3) is 4.88. The molecule has 0 amide bonds. The predicted octanol–water partition coefficient (Wildman–Crippen LogP) is 3.27. The van der Waals surface area contributed by atoms with Gasteiger partial charge in [-0.25, -0.2) is 0 Å². The van der Waals surface area contributed by atoms with E-state index in [0.29, 0.717) is 25.7 Å². The SMILES string of the molecule is CCC1(C)C(OCC(C)OC)C(C)(C)C1OCC(CCl)OCC1CO1. The van der Waals surface area contributed by atoms with Crippen LogP contribution in [0.2, 0.25) is 0 Å². The summed E-state index contributed by atoms with van der Waals surface area (Å²) in [7, 11) is 1.71. The molecular formula is C19H35ClO5. The van der Waals surface area contributed by atoms with Gasteiger partial charge in [0.05, 0.1) is 56.7 Å². The number of ether oxygens (including phenoxy) is 5. The Hall–Kier alpha value is 0.0900. The second-order valence-corrected chi connectivity index (χ2v) is 8.53. The summed E-state index contributed by atoms with van der Waals surface area (Å²) in [5.41, 5.74) is -0.0812. The molecule has 1 saturated carbocycles. The summed E-state index contributed by atoms with van der Waals surface area (Å²) < 4.78 is 28.8. The van der Waals surface area contributed by atoms with E-state index in [2.05, 4.69) is 27.7 Å². The van der Waals surface area contributed by atoms with Gasteiger partial charge in [-0.15, -0.1) is 11.6 Å². The number of rotatable bonds is 12. The summed E-state index contributed by atoms with van der Waals surface area (Å²) in [5, 5.41) is 0. The second-order valence-electron chi connectivity index (χ2n) is 8.22. The number of hydrogen-bond acceptors (Lipinski definition) is 5. The van der Waals surface area contributed by atoms with Gasteiger partial charge in [0.15, 0.2) is 0 Å². The van der Waals surface area contributed by atoms with Crippen LogP contribution in [0.4, 0.5) is 0 Å². The van der Waals surface area contributed by atoms with Crippen molar-refractivity contribution >= 4 is 11.6 Å². The number of methoxy groups -OCH3 is 1. The Kier molecular flexibility index (Phi) is 7.57. The monoisotopic (exact) mass is 378 g/mol. The van der Waals surface area contributed by atoms with Crippen LogP contribution >= 0.6 is 11.6 Å². The fourth-order valence-electron chi connectivity index (χ4n) is 4.11. The molecule has 2 rings (SSSR count). The normalized spacial score (nSPS) is 35.9. The molecule has 0 N–H and O–H groups in total. The molecule has 0 radical (unpaired) electrons. The predicted molar refractivity (Wildman–Crippen MR) is 98.3 cm³/mol. The maximum absolute atomic E-state index is 6.31. The fraction of sp³-hybridized carbons (Fsp3) is 1.00. The van der Waals surface area contributed by atoms with Crippen molar-refractivity contribution in [1.82, 2.24) is 0 Å². The van der Waals surface area contributed by atoms with Crippen LogP contribution in [0, 0.1) is 10.8 Å². The second kappa shape index (κ2) is 8.85. The van der Waals surface area contributed by atoms with Gasteiger partial charge in [0, 0.05) is 17.9 Å². The van der Waals surface area contributed by atoms with Gasteiger partial charge in [0.1, 0.15) is 6.10 Å². The van der Waals surface area contributed by atoms with Crippen LogP contribution in [0.15, 0.2) is 0 Å². The number of alkyl halides is 1. The zero-order valence-electron chi connectivity index (χ0n) is 16.5. The molecule has 0 aromatic carbocycles. The minimum Gasteiger partial charge on any atom is -0.379 e. The van der Waals surface area contributed by atoms with Gasteiger partial charge in [0.2, 0.25) is 0 Å². The topological polar surface area (TPSA) is 49.5 Å². The zero-order chi connectivity index (χ0) is 18.7. The molecule has 6 unspecified atom stereocenters. The number of hydrogen-bond donors (Lipinski definition) is 0. The van der Waals surface area contributed by atoms with Crippen LogP contribution in [0.25, 0.3) is 0 Å². The summed E-state index contributed by atoms with van der Waals surface area (Å²) in [6, 6.07) is 0. The lowest BCUT2D eigenvalue weighted by atomic mass is 9.49. The molecule has 1 heterocycles. The third-order valence-electron chi connectivity index (χ3n) is 5.75. The van der Waals surface area contributed by atoms with Crippen LogP contribution in [-0.2, 0) is 23.7 Å². The van der Waals surface area contributed by atoms with Crippen LogP contribution in [0.3, 0.4) is 0 Å². The molecule has 148 valence electrons. The van der Waals surface area contributed by atoms with Crippen molar-refractivity contribution in [3.05, 3.63) is 0 Å². The van der Waals surface area contributed by atoms with Crippen LogP contribution in [0.5, 0.6) is 0 Å². The van der Waals surface area contributed by atoms with Gasteiger partial charge in [-0.05, 0) is 13.3 Å². The standard InChI is InChI=1S/C19H35ClO5/c1-7-19(5)16(24-9-13(2)21-6)18(3,4)17(19)25-10-14(8-20)22-11-15-12-23-15/h13-17H,7-12H2,1-6H3. The van der Waals surface area contributed by atoms with Crippen molar-refractivity contribution in [3.63, 3.8) is 0 Å². The van der Waals surface area contributed by atoms with Gasteiger partial charge < -0.3 is 23.7 Å². The van der Waals surface area contributed by atoms with Crippen molar-refractivity contribution in [2.75, 3.05) is 39.4 Å². The molecule has 0 aromatic heterocycles. The molecule has 0 spiro atoms. The lowest BCUT2D eigenvalue weighted by Crippen LogP contribution is -2.70. The van der Waals surface area contributed by atoms with E-state index >= 15 is 0 Å². The lowest BCUT2D eigenvalue weighted by molar-refractivity contribution is -0.298. The molecule has 2 aliphatic rings. The summed E-state index contributed by atoms with van der Waals surface area (Å²) in [6.07, 6.45) is 1.48. The average Bonchev–Trinajstić information content (AvgIpc) is 3.41. The summed E-state index contributed by atoms with van der Waals surface area (Å²) in [4.78, 5) is 0. The van der Waals surface area contributed by atoms with E-state index in [1.54, 1.807) is 7.11 Å². The number of epoxide rings is 1. The molecule has 25 heavy (non-hydrogen) atoms. The first kappa shape index (κ1) is 21.4. The Morgan fingerprint density at radius 1 is 1.16 bits per heavy atom. The van der Waals surface area contributed by atoms with Crippen LogP contribution < -0.4 is 0 Å². The number of halogens is 1. The van der Waals surface area contributed by atoms with E-state index in [1.807, 2.05) is 6.92 Å². The Bertz CT molecular complexity index is 415. The molecule has 1 aliphatic heterocycles. The van der Waals surface area contributed by atoms with Crippen molar-refractivity contribution in [1.29, 1.82) is 0 Å². The maximum Gasteiger partial charge on any atom is 0.104 e. The minimum absolute atomic E-state index is 0.0204. The first-order valence-electron chi connectivity index (χ1n) is 9.34. The van der Waals surface area contributed by atoms with E-state index in [-0.39, 0.29) is 41.3 Å². The molecule has 0 aromatic rings. The first-order chi connectivity index (χ1) is 11.8. The van der Waals surface area contributed by atoms with E-state index in [0.717, 1.165) is 13.0 Å². The highest BCUT2D eigenvalue weighted by atomic mass is 35.5. The molecule has 6 atom stereocenters. The van der Waals surface area contributed by atoms with Crippen molar-refractivity contribution < 1.29 is 23.7 Å². The highest BCUT2D eigenvalue weighted by molar-refractivity contribution is 6.18. The molecular weight excluding hydrogens is 344 g/mol. The Morgan fingerprint density at radius 3 is 2.24 bits per heavy atom. The van der Waals surface area contributed by atoms with Gasteiger partial charge in [0.25, 0.3) is 0 Å². The summed E-state index contributed by atoms with van der Waals surface area (Å²) in [6.45, 7) is 13.4. The maximum atomic E-state index is 6.31. The molecule has 6 heteroatoms. The van der Waals surface area contributed by atoms with Crippen molar-refractivity contribution in [2.24, 2.45) is 10.8 Å². The molecule has 5 nitrogen and oxygen atoms in total. The largest absolute Gasteiger partial charge is 0.379 e. The highest BCUT2D eigenvalue weighted by Gasteiger charge is 2.65. The van der Waals surface area contributed by atoms with Crippen molar-refractivity contribution in [3.8, 4) is 0 Å². The smallest absolute Gasteiger partial charge is 0.104 e. The Labute approximate surface area is 157 Å². The summed E-state index contributed by atoms with van der Waals surface area (Å²) >= 11 is 6.04.